The second kappa shape index (κ2) is 2.31. The van der Waals surface area contributed by atoms with E-state index >= 15 is 0 Å². The third-order valence-electron chi connectivity index (χ3n) is 2.76. The van der Waals surface area contributed by atoms with Gasteiger partial charge in [-0.1, -0.05) is 0 Å². The summed E-state index contributed by atoms with van der Waals surface area (Å²) in [5.74, 6) is -6.03. The average Bonchev–Trinajstić information content (AvgIpc) is 2.80. The molecule has 0 spiro atoms. The van der Waals surface area contributed by atoms with Crippen LogP contribution in [0.5, 0.6) is 0 Å². The number of alkyl halides is 2. The van der Waals surface area contributed by atoms with Gasteiger partial charge in [-0.3, -0.25) is 5.41 Å². The summed E-state index contributed by atoms with van der Waals surface area (Å²) < 4.78 is 26.3. The summed E-state index contributed by atoms with van der Waals surface area (Å²) in [5, 5.41) is 15.6. The number of hydrogen-bond donors (Lipinski definition) is 3. The van der Waals surface area contributed by atoms with Gasteiger partial charge in [-0.05, 0) is 12.3 Å². The molecule has 76 valence electrons. The molecule has 4 nitrogen and oxygen atoms in total. The smallest absolute Gasteiger partial charge is 0.354 e. The van der Waals surface area contributed by atoms with Gasteiger partial charge in [0.1, 0.15) is 5.71 Å². The maximum absolute atomic E-state index is 13.2. The number of aliphatic carboxylic acids is 1. The lowest BCUT2D eigenvalue weighted by atomic mass is 10.1. The van der Waals surface area contributed by atoms with Crippen molar-refractivity contribution in [1.82, 2.24) is 0 Å². The highest BCUT2D eigenvalue weighted by Gasteiger charge is 2.65. The van der Waals surface area contributed by atoms with Crippen molar-refractivity contribution in [2.75, 3.05) is 0 Å². The zero-order valence-corrected chi connectivity index (χ0v) is 7.05. The maximum Gasteiger partial charge on any atom is 0.354 e. The van der Waals surface area contributed by atoms with Crippen LogP contribution in [0.15, 0.2) is 11.3 Å². The van der Waals surface area contributed by atoms with Crippen LogP contribution in [0.4, 0.5) is 8.78 Å². The number of carboxylic acids is 1. The molecule has 0 saturated heterocycles. The van der Waals surface area contributed by atoms with E-state index in [-0.39, 0.29) is 12.0 Å². The zero-order chi connectivity index (χ0) is 10.7. The number of carboxylic acid groups (broad SMARTS) is 1. The Hall–Kier alpha value is -1.46. The highest BCUT2D eigenvalue weighted by Crippen LogP contribution is 2.61. The van der Waals surface area contributed by atoms with E-state index in [1.54, 1.807) is 0 Å². The van der Waals surface area contributed by atoms with Crippen LogP contribution >= 0.6 is 0 Å². The number of halogens is 2. The summed E-state index contributed by atoms with van der Waals surface area (Å²) >= 11 is 0. The highest BCUT2D eigenvalue weighted by atomic mass is 19.3. The molecule has 2 aliphatic carbocycles. The highest BCUT2D eigenvalue weighted by molar-refractivity contribution is 6.41. The Kier molecular flexibility index (Phi) is 1.51. The minimum atomic E-state index is -3.12. The van der Waals surface area contributed by atoms with Crippen LogP contribution in [0.2, 0.25) is 0 Å². The average molecular weight is 202 g/mol. The molecule has 2 rings (SSSR count). The van der Waals surface area contributed by atoms with Gasteiger partial charge in [-0.25, -0.2) is 4.79 Å². The monoisotopic (exact) mass is 202 g/mol. The number of hydrogen-bond acceptors (Lipinski definition) is 3. The molecule has 0 amide bonds. The molecular formula is C8H8F2N2O2. The molecule has 6 heteroatoms. The van der Waals surface area contributed by atoms with Gasteiger partial charge in [0.25, 0.3) is 5.92 Å². The molecule has 4 N–H and O–H groups in total. The summed E-state index contributed by atoms with van der Waals surface area (Å²) in [6, 6.07) is 0. The van der Waals surface area contributed by atoms with Gasteiger partial charge in [0.05, 0.1) is 5.70 Å². The predicted octanol–water partition coefficient (Wildman–Crippen LogP) is 0.589. The van der Waals surface area contributed by atoms with Crippen molar-refractivity contribution in [3.05, 3.63) is 11.3 Å². The van der Waals surface area contributed by atoms with Gasteiger partial charge in [-0.15, -0.1) is 0 Å². The summed E-state index contributed by atoms with van der Waals surface area (Å²) in [6.07, 6.45) is 0.235. The van der Waals surface area contributed by atoms with Gasteiger partial charge in [0.15, 0.2) is 0 Å². The molecule has 0 radical (unpaired) electrons. The molecule has 0 aliphatic heterocycles. The second-order valence-corrected chi connectivity index (χ2v) is 3.58. The molecule has 0 heterocycles. The minimum Gasteiger partial charge on any atom is -0.477 e. The first kappa shape index (κ1) is 9.11. The standard InChI is InChI=1S/C8H8F2N2O2/c9-8(10)3-1-2(3)4(6(8)12)5(11)7(13)14/h2-3,11H,1,12H2,(H,13,14)/t2-,3+/m0/s1. The number of carbonyl (C=O) groups is 1. The third-order valence-corrected chi connectivity index (χ3v) is 2.76. The van der Waals surface area contributed by atoms with Gasteiger partial charge >= 0.3 is 5.97 Å². The van der Waals surface area contributed by atoms with Crippen molar-refractivity contribution in [3.8, 4) is 0 Å². The van der Waals surface area contributed by atoms with Gasteiger partial charge < -0.3 is 10.8 Å². The predicted molar refractivity (Wildman–Crippen MR) is 43.1 cm³/mol. The van der Waals surface area contributed by atoms with E-state index in [9.17, 15) is 13.6 Å². The molecule has 0 aromatic carbocycles. The molecule has 14 heavy (non-hydrogen) atoms. The van der Waals surface area contributed by atoms with Crippen molar-refractivity contribution in [2.24, 2.45) is 17.6 Å². The van der Waals surface area contributed by atoms with Crippen molar-refractivity contribution < 1.29 is 18.7 Å². The Labute approximate surface area is 77.9 Å². The lowest BCUT2D eigenvalue weighted by Gasteiger charge is -2.13. The molecule has 1 fully saturated rings. The normalized spacial score (nSPS) is 32.7. The minimum absolute atomic E-state index is 0.174. The van der Waals surface area contributed by atoms with Crippen molar-refractivity contribution in [3.63, 3.8) is 0 Å². The first-order chi connectivity index (χ1) is 6.37. The number of nitrogens with one attached hydrogen (secondary N) is 1. The van der Waals surface area contributed by atoms with Crippen LogP contribution in [0.3, 0.4) is 0 Å². The molecule has 0 unspecified atom stereocenters. The fourth-order valence-electron chi connectivity index (χ4n) is 1.93. The molecule has 1 saturated carbocycles. The number of allylic oxidation sites excluding steroid dienone is 1. The van der Waals surface area contributed by atoms with E-state index in [0.29, 0.717) is 0 Å². The fraction of sp³-hybridized carbons (Fsp3) is 0.500. The quantitative estimate of drug-likeness (QED) is 0.572. The first-order valence-corrected chi connectivity index (χ1v) is 4.07. The van der Waals surface area contributed by atoms with Gasteiger partial charge in [0, 0.05) is 11.5 Å². The molecule has 2 atom stereocenters. The Bertz CT molecular complexity index is 376. The summed E-state index contributed by atoms with van der Waals surface area (Å²) in [5.41, 5.74) is 3.44. The van der Waals surface area contributed by atoms with Crippen molar-refractivity contribution in [2.45, 2.75) is 12.3 Å². The molecule has 0 aromatic heterocycles. The van der Waals surface area contributed by atoms with E-state index in [0.717, 1.165) is 0 Å². The van der Waals surface area contributed by atoms with E-state index in [4.69, 9.17) is 16.2 Å². The Morgan fingerprint density at radius 2 is 2.21 bits per heavy atom. The molecular weight excluding hydrogens is 194 g/mol. The maximum atomic E-state index is 13.2. The van der Waals surface area contributed by atoms with Gasteiger partial charge in [0.2, 0.25) is 0 Å². The topological polar surface area (TPSA) is 87.2 Å². The Morgan fingerprint density at radius 1 is 1.64 bits per heavy atom. The molecule has 2 aliphatic rings. The Morgan fingerprint density at radius 3 is 2.57 bits per heavy atom. The van der Waals surface area contributed by atoms with Crippen molar-refractivity contribution in [1.29, 1.82) is 5.41 Å². The lowest BCUT2D eigenvalue weighted by Crippen LogP contribution is -2.27. The first-order valence-electron chi connectivity index (χ1n) is 4.07. The van der Waals surface area contributed by atoms with Crippen LogP contribution in [0, 0.1) is 17.2 Å². The summed E-state index contributed by atoms with van der Waals surface area (Å²) in [7, 11) is 0. The second-order valence-electron chi connectivity index (χ2n) is 3.58. The van der Waals surface area contributed by atoms with Crippen LogP contribution in [-0.2, 0) is 4.79 Å². The lowest BCUT2D eigenvalue weighted by molar-refractivity contribution is -0.129. The third kappa shape index (κ3) is 0.906. The summed E-state index contributed by atoms with van der Waals surface area (Å²) in [4.78, 5) is 10.4. The van der Waals surface area contributed by atoms with Crippen LogP contribution < -0.4 is 5.73 Å². The SMILES string of the molecule is N=C(C(=O)O)C1=C(N)C(F)(F)[C@@H]2C[C@H]12. The van der Waals surface area contributed by atoms with Crippen LogP contribution in [0.1, 0.15) is 6.42 Å². The zero-order valence-electron chi connectivity index (χ0n) is 7.05. The van der Waals surface area contributed by atoms with E-state index in [2.05, 4.69) is 0 Å². The van der Waals surface area contributed by atoms with Crippen LogP contribution in [0.25, 0.3) is 0 Å². The number of nitrogens with two attached hydrogens (primary N) is 1. The fourth-order valence-corrected chi connectivity index (χ4v) is 1.93. The van der Waals surface area contributed by atoms with E-state index in [1.807, 2.05) is 0 Å². The van der Waals surface area contributed by atoms with E-state index in [1.165, 1.54) is 0 Å². The van der Waals surface area contributed by atoms with Crippen LogP contribution in [-0.4, -0.2) is 22.7 Å². The largest absolute Gasteiger partial charge is 0.477 e. The number of fused-ring (bicyclic) bond motifs is 1. The number of rotatable bonds is 2. The summed E-state index contributed by atoms with van der Waals surface area (Å²) in [6.45, 7) is 0. The van der Waals surface area contributed by atoms with Crippen molar-refractivity contribution >= 4 is 11.7 Å². The van der Waals surface area contributed by atoms with Gasteiger partial charge in [-0.2, -0.15) is 8.78 Å². The molecule has 0 aromatic rings. The Balaban J connectivity index is 2.41. The molecule has 0 bridgehead atoms. The van der Waals surface area contributed by atoms with E-state index < -0.39 is 35.1 Å².